The Morgan fingerprint density at radius 1 is 1.25 bits per heavy atom. The quantitative estimate of drug-likeness (QED) is 0.798. The van der Waals surface area contributed by atoms with Crippen molar-refractivity contribution in [2.45, 2.75) is 46.2 Å². The maximum atomic E-state index is 13.1. The predicted molar refractivity (Wildman–Crippen MR) is 66.9 cm³/mol. The first-order valence-electron chi connectivity index (χ1n) is 6.06. The van der Waals surface area contributed by atoms with Gasteiger partial charge in [0, 0.05) is 12.1 Å². The Bertz CT molecular complexity index is 322. The number of hydrogen-bond acceptors (Lipinski definition) is 1. The fourth-order valence-corrected chi connectivity index (χ4v) is 1.97. The number of nitrogens with one attached hydrogen (secondary N) is 1. The fraction of sp³-hybridized carbons (Fsp3) is 0.571. The minimum absolute atomic E-state index is 0.163. The van der Waals surface area contributed by atoms with E-state index in [0.29, 0.717) is 12.0 Å². The summed E-state index contributed by atoms with van der Waals surface area (Å²) in [5.41, 5.74) is 1.01. The van der Waals surface area contributed by atoms with Gasteiger partial charge in [-0.15, -0.1) is 0 Å². The lowest BCUT2D eigenvalue weighted by Crippen LogP contribution is -2.35. The predicted octanol–water partition coefficient (Wildman–Crippen LogP) is 3.91. The molecule has 90 valence electrons. The summed E-state index contributed by atoms with van der Waals surface area (Å²) < 4.78 is 13.1. The van der Waals surface area contributed by atoms with E-state index in [9.17, 15) is 4.39 Å². The first-order chi connectivity index (χ1) is 7.54. The zero-order chi connectivity index (χ0) is 12.1. The molecule has 0 aliphatic heterocycles. The topological polar surface area (TPSA) is 12.0 Å². The highest BCUT2D eigenvalue weighted by Gasteiger charge is 2.14. The molecule has 0 heterocycles. The van der Waals surface area contributed by atoms with E-state index in [-0.39, 0.29) is 11.9 Å². The molecule has 1 aromatic carbocycles. The van der Waals surface area contributed by atoms with Gasteiger partial charge >= 0.3 is 0 Å². The molecular weight excluding hydrogens is 201 g/mol. The van der Waals surface area contributed by atoms with Crippen LogP contribution in [0, 0.1) is 11.7 Å². The van der Waals surface area contributed by atoms with Crippen LogP contribution in [0.2, 0.25) is 0 Å². The molecule has 0 saturated carbocycles. The van der Waals surface area contributed by atoms with E-state index in [4.69, 9.17) is 0 Å². The number of benzene rings is 1. The van der Waals surface area contributed by atoms with Crippen molar-refractivity contribution in [1.29, 1.82) is 0 Å². The van der Waals surface area contributed by atoms with Crippen LogP contribution >= 0.6 is 0 Å². The molecule has 0 bridgehead atoms. The molecule has 1 N–H and O–H groups in total. The lowest BCUT2D eigenvalue weighted by molar-refractivity contribution is 0.355. The zero-order valence-corrected chi connectivity index (χ0v) is 10.6. The van der Waals surface area contributed by atoms with Gasteiger partial charge in [-0.2, -0.15) is 0 Å². The van der Waals surface area contributed by atoms with Crippen LogP contribution in [0.25, 0.3) is 0 Å². The molecule has 0 aliphatic rings. The van der Waals surface area contributed by atoms with Crippen molar-refractivity contribution in [3.8, 4) is 0 Å². The summed E-state index contributed by atoms with van der Waals surface area (Å²) in [6.45, 7) is 8.68. The van der Waals surface area contributed by atoms with E-state index in [0.717, 1.165) is 12.0 Å². The van der Waals surface area contributed by atoms with Crippen LogP contribution < -0.4 is 5.32 Å². The second-order valence-electron chi connectivity index (χ2n) is 4.70. The smallest absolute Gasteiger partial charge is 0.123 e. The number of halogens is 1. The average Bonchev–Trinajstić information content (AvgIpc) is 2.25. The SMILES string of the molecule is CCC(NC(C)c1cccc(F)c1)C(C)C. The van der Waals surface area contributed by atoms with E-state index in [1.807, 2.05) is 6.07 Å². The Labute approximate surface area is 98.1 Å². The fourth-order valence-electron chi connectivity index (χ4n) is 1.97. The first-order valence-corrected chi connectivity index (χ1v) is 6.06. The third kappa shape index (κ3) is 3.60. The highest BCUT2D eigenvalue weighted by atomic mass is 19.1. The second-order valence-corrected chi connectivity index (χ2v) is 4.70. The monoisotopic (exact) mass is 223 g/mol. The third-order valence-corrected chi connectivity index (χ3v) is 3.06. The van der Waals surface area contributed by atoms with Gasteiger partial charge in [0.15, 0.2) is 0 Å². The summed E-state index contributed by atoms with van der Waals surface area (Å²) in [5.74, 6) is 0.435. The van der Waals surface area contributed by atoms with Gasteiger partial charge in [0.2, 0.25) is 0 Å². The van der Waals surface area contributed by atoms with Crippen molar-refractivity contribution >= 4 is 0 Å². The molecule has 2 unspecified atom stereocenters. The van der Waals surface area contributed by atoms with Crippen molar-refractivity contribution in [2.75, 3.05) is 0 Å². The van der Waals surface area contributed by atoms with E-state index < -0.39 is 0 Å². The van der Waals surface area contributed by atoms with Crippen LogP contribution in [-0.4, -0.2) is 6.04 Å². The highest BCUT2D eigenvalue weighted by Crippen LogP contribution is 2.17. The Morgan fingerprint density at radius 2 is 1.94 bits per heavy atom. The molecule has 0 amide bonds. The van der Waals surface area contributed by atoms with Gasteiger partial charge in [-0.05, 0) is 37.0 Å². The van der Waals surface area contributed by atoms with Crippen molar-refractivity contribution < 1.29 is 4.39 Å². The Morgan fingerprint density at radius 3 is 2.44 bits per heavy atom. The Kier molecular flexibility index (Phi) is 4.94. The highest BCUT2D eigenvalue weighted by molar-refractivity contribution is 5.19. The third-order valence-electron chi connectivity index (χ3n) is 3.06. The summed E-state index contributed by atoms with van der Waals surface area (Å²) in [6, 6.07) is 7.49. The second kappa shape index (κ2) is 6.00. The molecule has 0 aromatic heterocycles. The van der Waals surface area contributed by atoms with Gasteiger partial charge in [-0.1, -0.05) is 32.9 Å². The summed E-state index contributed by atoms with van der Waals surface area (Å²) >= 11 is 0. The minimum atomic E-state index is -0.163. The first kappa shape index (κ1) is 13.2. The van der Waals surface area contributed by atoms with E-state index in [1.54, 1.807) is 12.1 Å². The van der Waals surface area contributed by atoms with Crippen molar-refractivity contribution in [2.24, 2.45) is 5.92 Å². The van der Waals surface area contributed by atoms with E-state index >= 15 is 0 Å². The molecule has 2 heteroatoms. The number of rotatable bonds is 5. The van der Waals surface area contributed by atoms with E-state index in [1.165, 1.54) is 6.07 Å². The van der Waals surface area contributed by atoms with Crippen LogP contribution in [0.3, 0.4) is 0 Å². The average molecular weight is 223 g/mol. The van der Waals surface area contributed by atoms with Crippen molar-refractivity contribution in [3.63, 3.8) is 0 Å². The minimum Gasteiger partial charge on any atom is -0.307 e. The summed E-state index contributed by atoms with van der Waals surface area (Å²) in [4.78, 5) is 0. The molecule has 0 fully saturated rings. The van der Waals surface area contributed by atoms with Crippen LogP contribution in [0.4, 0.5) is 4.39 Å². The summed E-state index contributed by atoms with van der Waals surface area (Å²) in [7, 11) is 0. The standard InChI is InChI=1S/C14H22FN/c1-5-14(10(2)3)16-11(4)12-7-6-8-13(15)9-12/h6-11,14,16H,5H2,1-4H3. The molecule has 1 nitrogen and oxygen atoms in total. The molecule has 0 spiro atoms. The van der Waals surface area contributed by atoms with E-state index in [2.05, 4.69) is 33.0 Å². The molecule has 1 rings (SSSR count). The Balaban J connectivity index is 2.67. The molecule has 16 heavy (non-hydrogen) atoms. The van der Waals surface area contributed by atoms with Gasteiger partial charge in [-0.25, -0.2) is 4.39 Å². The van der Waals surface area contributed by atoms with Gasteiger partial charge < -0.3 is 5.32 Å². The zero-order valence-electron chi connectivity index (χ0n) is 10.6. The van der Waals surface area contributed by atoms with Gasteiger partial charge in [0.05, 0.1) is 0 Å². The maximum absolute atomic E-state index is 13.1. The van der Waals surface area contributed by atoms with Crippen LogP contribution in [0.1, 0.15) is 45.7 Å². The molecular formula is C14H22FN. The molecule has 1 aromatic rings. The van der Waals surface area contributed by atoms with Crippen LogP contribution in [0.15, 0.2) is 24.3 Å². The van der Waals surface area contributed by atoms with Crippen LogP contribution in [-0.2, 0) is 0 Å². The van der Waals surface area contributed by atoms with Crippen LogP contribution in [0.5, 0.6) is 0 Å². The molecule has 0 saturated heterocycles. The molecule has 0 aliphatic carbocycles. The maximum Gasteiger partial charge on any atom is 0.123 e. The lowest BCUT2D eigenvalue weighted by Gasteiger charge is -2.25. The van der Waals surface area contributed by atoms with Gasteiger partial charge in [-0.3, -0.25) is 0 Å². The largest absolute Gasteiger partial charge is 0.307 e. The lowest BCUT2D eigenvalue weighted by atomic mass is 9.99. The van der Waals surface area contributed by atoms with Gasteiger partial charge in [0.1, 0.15) is 5.82 Å². The molecule has 0 radical (unpaired) electrons. The van der Waals surface area contributed by atoms with Crippen molar-refractivity contribution in [1.82, 2.24) is 5.32 Å². The Hall–Kier alpha value is -0.890. The molecule has 2 atom stereocenters. The number of hydrogen-bond donors (Lipinski definition) is 1. The van der Waals surface area contributed by atoms with Crippen molar-refractivity contribution in [3.05, 3.63) is 35.6 Å². The van der Waals surface area contributed by atoms with Gasteiger partial charge in [0.25, 0.3) is 0 Å². The summed E-state index contributed by atoms with van der Waals surface area (Å²) in [6.07, 6.45) is 1.09. The normalized spacial score (nSPS) is 15.1. The summed E-state index contributed by atoms with van der Waals surface area (Å²) in [5, 5.41) is 3.54.